The minimum absolute atomic E-state index is 0.0329. The molecule has 0 bridgehead atoms. The molecular weight excluding hydrogens is 1290 g/mol. The molecule has 90 heavy (non-hydrogen) atoms. The van der Waals surface area contributed by atoms with E-state index in [0.29, 0.717) is 133 Å². The fraction of sp³-hybridized carbons (Fsp3) is 0.565. The minimum atomic E-state index is -3.11. The topological polar surface area (TPSA) is 299 Å². The van der Waals surface area contributed by atoms with E-state index in [1.807, 2.05) is 34.1 Å². The molecule has 0 radical (unpaired) electrons. The molecule has 0 aliphatic carbocycles. The number of nitrogens with one attached hydrogen (secondary N) is 4. The van der Waals surface area contributed by atoms with Crippen LogP contribution in [0, 0.1) is 21.8 Å². The summed E-state index contributed by atoms with van der Waals surface area (Å²) in [6.45, 7) is 2.59. The molecule has 5 N–H and O–H groups in total. The second-order valence-electron chi connectivity index (χ2n) is 22.7. The van der Waals surface area contributed by atoms with Crippen molar-refractivity contribution in [3.63, 3.8) is 0 Å². The van der Waals surface area contributed by atoms with Crippen molar-refractivity contribution in [2.75, 3.05) is 118 Å². The molecule has 3 saturated heterocycles. The summed E-state index contributed by atoms with van der Waals surface area (Å²) in [5.41, 5.74) is 1.86. The lowest BCUT2D eigenvalue weighted by molar-refractivity contribution is -0.140. The monoisotopic (exact) mass is 1370 g/mol. The lowest BCUT2D eigenvalue weighted by atomic mass is 9.91. The maximum Gasteiger partial charge on any atom is 0.317 e. The Morgan fingerprint density at radius 2 is 1.42 bits per heavy atom. The normalized spacial score (nSPS) is 17.6. The number of imide groups is 1. The lowest BCUT2D eigenvalue weighted by Crippen LogP contribution is -2.53. The van der Waals surface area contributed by atoms with E-state index in [1.54, 1.807) is 32.9 Å². The first-order valence-corrected chi connectivity index (χ1v) is 31.5. The van der Waals surface area contributed by atoms with Crippen molar-refractivity contribution in [3.05, 3.63) is 69.4 Å². The van der Waals surface area contributed by atoms with Crippen LogP contribution in [-0.4, -0.2) is 236 Å². The summed E-state index contributed by atoms with van der Waals surface area (Å²) < 4.78 is 45.1. The summed E-state index contributed by atoms with van der Waals surface area (Å²) in [4.78, 5) is 141. The lowest BCUT2D eigenvalue weighted by Gasteiger charge is -2.33. The number of likely N-dealkylation sites (tertiary alicyclic amines) is 2. The highest BCUT2D eigenvalue weighted by molar-refractivity contribution is 14.1. The number of amides is 7. The third kappa shape index (κ3) is 25.1. The number of ether oxygens (including phenoxy) is 3. The molecule has 3 aromatic rings. The van der Waals surface area contributed by atoms with Crippen molar-refractivity contribution in [3.8, 4) is 18.1 Å². The molecule has 28 heteroatoms. The number of carboxylic acid groups (broad SMARTS) is 1. The Labute approximate surface area is 536 Å². The molecule has 3 aliphatic heterocycles. The molecular formula is C62H82F2IN11O14. The van der Waals surface area contributed by atoms with E-state index in [4.69, 9.17) is 20.6 Å². The Balaban J connectivity index is 0.966. The number of aromatic nitrogens is 1. The van der Waals surface area contributed by atoms with Gasteiger partial charge in [0.25, 0.3) is 24.8 Å². The van der Waals surface area contributed by atoms with Gasteiger partial charge < -0.3 is 45.1 Å². The molecule has 4 heterocycles. The Morgan fingerprint density at radius 1 is 0.767 bits per heavy atom. The van der Waals surface area contributed by atoms with Crippen LogP contribution in [0.15, 0.2) is 54.7 Å². The van der Waals surface area contributed by atoms with Crippen molar-refractivity contribution in [1.82, 2.24) is 55.7 Å². The predicted molar refractivity (Wildman–Crippen MR) is 333 cm³/mol. The smallest absolute Gasteiger partial charge is 0.317 e. The molecule has 1 aromatic heterocycles. The number of fused-ring (bicyclic) bond motifs is 1. The van der Waals surface area contributed by atoms with Gasteiger partial charge in [0.2, 0.25) is 35.4 Å². The van der Waals surface area contributed by atoms with Gasteiger partial charge in [0.15, 0.2) is 0 Å². The zero-order valence-corrected chi connectivity index (χ0v) is 52.8. The van der Waals surface area contributed by atoms with Gasteiger partial charge in [-0.3, -0.25) is 77.8 Å². The number of benzene rings is 2. The fourth-order valence-corrected chi connectivity index (χ4v) is 11.3. The number of pyridine rings is 1. The molecule has 0 saturated carbocycles. The average Bonchev–Trinajstić information content (AvgIpc) is 3.99. The van der Waals surface area contributed by atoms with Gasteiger partial charge >= 0.3 is 5.97 Å². The van der Waals surface area contributed by atoms with E-state index in [1.165, 1.54) is 12.3 Å². The molecule has 490 valence electrons. The number of halogens is 3. The van der Waals surface area contributed by atoms with Crippen LogP contribution >= 0.6 is 22.6 Å². The number of piperidine rings is 1. The van der Waals surface area contributed by atoms with Gasteiger partial charge in [0.05, 0.1) is 49.9 Å². The van der Waals surface area contributed by atoms with Gasteiger partial charge in [0.1, 0.15) is 31.7 Å². The number of carbonyl (C=O) groups is 10. The van der Waals surface area contributed by atoms with Gasteiger partial charge in [0, 0.05) is 100.0 Å². The molecule has 3 aliphatic rings. The highest BCUT2D eigenvalue weighted by Crippen LogP contribution is 2.32. The van der Waals surface area contributed by atoms with E-state index >= 15 is 0 Å². The second kappa shape index (κ2) is 37.6. The van der Waals surface area contributed by atoms with Crippen molar-refractivity contribution >= 4 is 93.8 Å². The summed E-state index contributed by atoms with van der Waals surface area (Å²) in [6, 6.07) is 12.4. The summed E-state index contributed by atoms with van der Waals surface area (Å²) in [5.74, 6) is -5.22. The van der Waals surface area contributed by atoms with Crippen molar-refractivity contribution in [2.24, 2.45) is 5.92 Å². The van der Waals surface area contributed by atoms with E-state index in [2.05, 4.69) is 54.8 Å². The highest BCUT2D eigenvalue weighted by Gasteiger charge is 2.46. The predicted octanol–water partition coefficient (Wildman–Crippen LogP) is 2.62. The molecule has 0 spiro atoms. The number of hydrogen-bond donors (Lipinski definition) is 5. The van der Waals surface area contributed by atoms with Crippen molar-refractivity contribution in [2.45, 2.75) is 101 Å². The molecule has 0 unspecified atom stereocenters. The van der Waals surface area contributed by atoms with Gasteiger partial charge in [-0.2, -0.15) is 0 Å². The average molecular weight is 1370 g/mol. The number of alkyl halides is 2. The van der Waals surface area contributed by atoms with Gasteiger partial charge in [-0.25, -0.2) is 8.78 Å². The van der Waals surface area contributed by atoms with Crippen LogP contribution in [-0.2, 0) is 59.0 Å². The number of hydrogen-bond acceptors (Lipinski definition) is 18. The quantitative estimate of drug-likeness (QED) is 0.0197. The van der Waals surface area contributed by atoms with E-state index < -0.39 is 85.3 Å². The van der Waals surface area contributed by atoms with Crippen LogP contribution in [0.25, 0.3) is 10.9 Å². The first-order valence-electron chi connectivity index (χ1n) is 30.4. The number of rotatable bonds is 32. The molecule has 2 atom stereocenters. The Morgan fingerprint density at radius 3 is 2.07 bits per heavy atom. The Bertz CT molecular complexity index is 2950. The number of nitrogens with zero attached hydrogens (tertiary/aromatic N) is 7. The Kier molecular flexibility index (Phi) is 30.0. The number of aliphatic carboxylic acids is 1. The summed E-state index contributed by atoms with van der Waals surface area (Å²) in [5, 5.41) is 20.7. The number of carboxylic acids is 1. The van der Waals surface area contributed by atoms with E-state index in [9.17, 15) is 61.8 Å². The zero-order chi connectivity index (χ0) is 64.8. The molecule has 2 aromatic carbocycles. The molecule has 25 nitrogen and oxygen atoms in total. The number of unbranched alkanes of at least 4 members (excludes halogenated alkanes) is 2. The second-order valence-corrected chi connectivity index (χ2v) is 23.9. The van der Waals surface area contributed by atoms with Crippen LogP contribution < -0.4 is 26.0 Å². The summed E-state index contributed by atoms with van der Waals surface area (Å²) in [6.07, 6.45) is 12.1. The van der Waals surface area contributed by atoms with Crippen LogP contribution in [0.4, 0.5) is 8.78 Å². The SMILES string of the molecule is C#C[C@H]1CC(F)(F)CN1C(=O)CNC(=O)c1ccnc2ccc(OCCCCC3CCN(C(=O)CC(=O)NC(=O)[C@H](CCCCNC(=O)CCCc4ccc(I)cc4)NC(=O)CN4CCN(COC=O)CCN(COC=O)CCN(CC(=O)O)CC4)CC3)cc12. The fourth-order valence-electron chi connectivity index (χ4n) is 10.9. The van der Waals surface area contributed by atoms with Gasteiger partial charge in [-0.1, -0.05) is 24.5 Å². The largest absolute Gasteiger partial charge is 0.494 e. The van der Waals surface area contributed by atoms with E-state index in [0.717, 1.165) is 33.3 Å². The highest BCUT2D eigenvalue weighted by atomic mass is 127. The van der Waals surface area contributed by atoms with Crippen LogP contribution in [0.5, 0.6) is 5.75 Å². The molecule has 7 amide bonds. The maximum absolute atomic E-state index is 14.0. The first-order chi connectivity index (χ1) is 43.3. The third-order valence-corrected chi connectivity index (χ3v) is 16.7. The summed E-state index contributed by atoms with van der Waals surface area (Å²) >= 11 is 2.24. The molecule has 6 rings (SSSR count). The summed E-state index contributed by atoms with van der Waals surface area (Å²) in [7, 11) is 0. The number of aryl methyl sites for hydroxylation is 1. The first kappa shape index (κ1) is 71.6. The number of terminal acetylenes is 1. The third-order valence-electron chi connectivity index (χ3n) is 15.9. The van der Waals surface area contributed by atoms with Crippen LogP contribution in [0.1, 0.15) is 93.0 Å². The van der Waals surface area contributed by atoms with Crippen molar-refractivity contribution in [1.29, 1.82) is 0 Å². The van der Waals surface area contributed by atoms with E-state index in [-0.39, 0.29) is 70.6 Å². The number of carbonyl (C=O) groups excluding carboxylic acids is 9. The standard InChI is InChI=1S/C62H82F2IN11O14/c1-2-48-36-62(63,64)40-76(48)58(83)37-68-60(86)50-18-22-66-52-17-16-49(34-51(50)52)90-33-6-4-8-46-19-23-75(24-20-46)57(82)35-55(80)70-61(87)53(10-3-5-21-67-54(79)11-7-9-45-12-14-47(65)15-13-45)69-56(81)38-71-25-26-72(39-59(84)85)28-30-74(42-89-44-78)32-31-73(29-27-71)41-88-43-77/h1,12-18,22,34,43-44,46,48,53H,3-11,19-21,23-33,35-42H2,(H,67,79)(H,68,86)(H,69,81)(H,84,85)(H,70,80,87)/t48-,53-/m0/s1. The zero-order valence-electron chi connectivity index (χ0n) is 50.6. The van der Waals surface area contributed by atoms with Gasteiger partial charge in [-0.15, -0.1) is 6.42 Å². The van der Waals surface area contributed by atoms with Crippen LogP contribution in [0.3, 0.4) is 0 Å². The Hall–Kier alpha value is -7.46. The minimum Gasteiger partial charge on any atom is -0.494 e. The van der Waals surface area contributed by atoms with Gasteiger partial charge in [-0.05, 0) is 128 Å². The maximum atomic E-state index is 14.0. The molecule has 3 fully saturated rings. The van der Waals surface area contributed by atoms with Crippen LogP contribution in [0.2, 0.25) is 0 Å². The van der Waals surface area contributed by atoms with Crippen molar-refractivity contribution < 1.29 is 76.0 Å².